The third kappa shape index (κ3) is 2.86. The van der Waals surface area contributed by atoms with Crippen LogP contribution in [0.25, 0.3) is 0 Å². The summed E-state index contributed by atoms with van der Waals surface area (Å²) in [5.74, 6) is -0.821. The Morgan fingerprint density at radius 3 is 2.87 bits per heavy atom. The molecule has 8 heteroatoms. The standard InChI is InChI=1S/C7H6BrF2IN2O2/c1-2-15-6(14)5-4(11)3-12-13(5)7(8,9)10/h3H,2H2,1H3. The summed E-state index contributed by atoms with van der Waals surface area (Å²) in [7, 11) is 0. The van der Waals surface area contributed by atoms with E-state index in [1.165, 1.54) is 6.20 Å². The number of nitrogens with zero attached hydrogens (tertiary/aromatic N) is 2. The van der Waals surface area contributed by atoms with Crippen molar-refractivity contribution < 1.29 is 18.3 Å². The Bertz CT molecular complexity index is 378. The van der Waals surface area contributed by atoms with E-state index >= 15 is 0 Å². The van der Waals surface area contributed by atoms with E-state index in [2.05, 4.69) is 25.8 Å². The number of hydrogen-bond donors (Lipinski definition) is 0. The molecular weight excluding hydrogens is 389 g/mol. The van der Waals surface area contributed by atoms with Crippen molar-refractivity contribution in [3.05, 3.63) is 15.5 Å². The summed E-state index contributed by atoms with van der Waals surface area (Å²) >= 11 is 3.86. The Hall–Kier alpha value is -0.250. The fourth-order valence-corrected chi connectivity index (χ4v) is 1.75. The zero-order valence-corrected chi connectivity index (χ0v) is 11.3. The highest BCUT2D eigenvalue weighted by molar-refractivity contribution is 14.1. The van der Waals surface area contributed by atoms with Crippen molar-refractivity contribution >= 4 is 44.5 Å². The minimum absolute atomic E-state index is 0.119. The van der Waals surface area contributed by atoms with Crippen molar-refractivity contribution in [3.8, 4) is 0 Å². The van der Waals surface area contributed by atoms with Crippen molar-refractivity contribution in [3.63, 3.8) is 0 Å². The third-order valence-corrected chi connectivity index (χ3v) is 2.56. The zero-order chi connectivity index (χ0) is 11.6. The molecule has 1 aromatic rings. The van der Waals surface area contributed by atoms with Crippen LogP contribution in [-0.4, -0.2) is 22.4 Å². The molecule has 0 unspecified atom stereocenters. The predicted octanol–water partition coefficient (Wildman–Crippen LogP) is 2.57. The van der Waals surface area contributed by atoms with Crippen molar-refractivity contribution in [2.24, 2.45) is 0 Å². The van der Waals surface area contributed by atoms with Crippen molar-refractivity contribution in [2.45, 2.75) is 11.9 Å². The first-order valence-electron chi connectivity index (χ1n) is 3.85. The fourth-order valence-electron chi connectivity index (χ4n) is 0.904. The molecule has 84 valence electrons. The van der Waals surface area contributed by atoms with Gasteiger partial charge in [-0.3, -0.25) is 0 Å². The molecule has 0 aliphatic rings. The topological polar surface area (TPSA) is 44.1 Å². The van der Waals surface area contributed by atoms with Crippen LogP contribution >= 0.6 is 38.5 Å². The van der Waals surface area contributed by atoms with Gasteiger partial charge in [0.1, 0.15) is 0 Å². The molecular formula is C7H6BrF2IN2O2. The van der Waals surface area contributed by atoms with Crippen LogP contribution in [0.15, 0.2) is 6.20 Å². The van der Waals surface area contributed by atoms with Crippen LogP contribution in [0.4, 0.5) is 8.78 Å². The lowest BCUT2D eigenvalue weighted by Crippen LogP contribution is -2.23. The number of ether oxygens (including phenoxy) is 1. The molecule has 4 nitrogen and oxygen atoms in total. The highest BCUT2D eigenvalue weighted by Crippen LogP contribution is 2.30. The zero-order valence-electron chi connectivity index (χ0n) is 7.51. The Kier molecular flexibility index (Phi) is 4.04. The Balaban J connectivity index is 3.16. The van der Waals surface area contributed by atoms with Crippen LogP contribution < -0.4 is 0 Å². The van der Waals surface area contributed by atoms with Gasteiger partial charge in [-0.25, -0.2) is 4.79 Å². The number of hydrogen-bond acceptors (Lipinski definition) is 3. The van der Waals surface area contributed by atoms with Crippen LogP contribution in [0.2, 0.25) is 0 Å². The van der Waals surface area contributed by atoms with Gasteiger partial charge < -0.3 is 4.74 Å². The van der Waals surface area contributed by atoms with E-state index in [0.29, 0.717) is 3.57 Å². The summed E-state index contributed by atoms with van der Waals surface area (Å²) in [6, 6.07) is 0. The van der Waals surface area contributed by atoms with Gasteiger partial charge in [0, 0.05) is 15.9 Å². The molecule has 0 spiro atoms. The van der Waals surface area contributed by atoms with Crippen LogP contribution in [0.1, 0.15) is 17.4 Å². The second-order valence-electron chi connectivity index (χ2n) is 2.44. The molecule has 1 rings (SSSR count). The maximum atomic E-state index is 12.9. The summed E-state index contributed by atoms with van der Waals surface area (Å²) in [6.07, 6.45) is 1.17. The van der Waals surface area contributed by atoms with Crippen molar-refractivity contribution in [1.29, 1.82) is 0 Å². The number of rotatable bonds is 3. The summed E-state index contributed by atoms with van der Waals surface area (Å²) in [4.78, 5) is 7.95. The van der Waals surface area contributed by atoms with E-state index < -0.39 is 10.9 Å². The lowest BCUT2D eigenvalue weighted by Gasteiger charge is -2.11. The van der Waals surface area contributed by atoms with Gasteiger partial charge in [0.05, 0.1) is 16.4 Å². The second kappa shape index (κ2) is 4.73. The van der Waals surface area contributed by atoms with Crippen LogP contribution in [0, 0.1) is 3.57 Å². The molecule has 0 atom stereocenters. The van der Waals surface area contributed by atoms with E-state index in [0.717, 1.165) is 0 Å². The highest BCUT2D eigenvalue weighted by Gasteiger charge is 2.34. The highest BCUT2D eigenvalue weighted by atomic mass is 127. The molecule has 1 aromatic heterocycles. The number of esters is 1. The summed E-state index contributed by atoms with van der Waals surface area (Å²) in [6.45, 7) is 1.71. The van der Waals surface area contributed by atoms with Gasteiger partial charge >= 0.3 is 10.9 Å². The average Bonchev–Trinajstić information content (AvgIpc) is 2.46. The Labute approximate surface area is 106 Å². The number of alkyl halides is 3. The summed E-state index contributed by atoms with van der Waals surface area (Å²) < 4.78 is 31.1. The maximum absolute atomic E-state index is 12.9. The molecule has 15 heavy (non-hydrogen) atoms. The van der Waals surface area contributed by atoms with Crippen molar-refractivity contribution in [1.82, 2.24) is 9.78 Å². The molecule has 0 fully saturated rings. The van der Waals surface area contributed by atoms with Gasteiger partial charge in [-0.05, 0) is 29.5 Å². The lowest BCUT2D eigenvalue weighted by atomic mass is 10.4. The number of aromatic nitrogens is 2. The number of carbonyl (C=O) groups excluding carboxylic acids is 1. The van der Waals surface area contributed by atoms with Gasteiger partial charge in [-0.2, -0.15) is 18.6 Å². The quantitative estimate of drug-likeness (QED) is 0.449. The van der Waals surface area contributed by atoms with E-state index in [1.54, 1.807) is 29.5 Å². The number of halogens is 4. The SMILES string of the molecule is CCOC(=O)c1c(I)cnn1C(F)(F)Br. The monoisotopic (exact) mass is 394 g/mol. The lowest BCUT2D eigenvalue weighted by molar-refractivity contribution is 0.0113. The number of carbonyl (C=O) groups is 1. The maximum Gasteiger partial charge on any atom is 0.401 e. The first-order valence-corrected chi connectivity index (χ1v) is 5.73. The Morgan fingerprint density at radius 2 is 2.40 bits per heavy atom. The van der Waals surface area contributed by atoms with Crippen molar-refractivity contribution in [2.75, 3.05) is 6.61 Å². The van der Waals surface area contributed by atoms with E-state index in [-0.39, 0.29) is 17.0 Å². The molecule has 0 aliphatic carbocycles. The van der Waals surface area contributed by atoms with Gasteiger partial charge in [-0.15, -0.1) is 0 Å². The van der Waals surface area contributed by atoms with E-state index in [9.17, 15) is 13.6 Å². The molecule has 0 saturated heterocycles. The second-order valence-corrected chi connectivity index (χ2v) is 4.56. The minimum Gasteiger partial charge on any atom is -0.461 e. The molecule has 0 saturated carbocycles. The van der Waals surface area contributed by atoms with Gasteiger partial charge in [0.2, 0.25) is 0 Å². The Morgan fingerprint density at radius 1 is 1.80 bits per heavy atom. The van der Waals surface area contributed by atoms with Crippen LogP contribution in [-0.2, 0) is 9.69 Å². The molecule has 0 amide bonds. The largest absolute Gasteiger partial charge is 0.461 e. The third-order valence-electron chi connectivity index (χ3n) is 1.43. The molecule has 0 bridgehead atoms. The van der Waals surface area contributed by atoms with E-state index in [1.807, 2.05) is 0 Å². The first-order chi connectivity index (χ1) is 6.88. The van der Waals surface area contributed by atoms with Gasteiger partial charge in [-0.1, -0.05) is 0 Å². The molecule has 0 radical (unpaired) electrons. The van der Waals surface area contributed by atoms with E-state index in [4.69, 9.17) is 0 Å². The predicted molar refractivity (Wildman–Crippen MR) is 60.0 cm³/mol. The molecule has 0 aliphatic heterocycles. The first kappa shape index (κ1) is 12.8. The average molecular weight is 395 g/mol. The smallest absolute Gasteiger partial charge is 0.401 e. The summed E-state index contributed by atoms with van der Waals surface area (Å²) in [5, 5.41) is 3.40. The van der Waals surface area contributed by atoms with Crippen LogP contribution in [0.5, 0.6) is 0 Å². The van der Waals surface area contributed by atoms with Gasteiger partial charge in [0.25, 0.3) is 0 Å². The minimum atomic E-state index is -3.40. The molecule has 0 aromatic carbocycles. The molecule has 0 N–H and O–H groups in total. The van der Waals surface area contributed by atoms with Crippen LogP contribution in [0.3, 0.4) is 0 Å². The fraction of sp³-hybridized carbons (Fsp3) is 0.429. The molecule has 1 heterocycles. The van der Waals surface area contributed by atoms with Gasteiger partial charge in [0.15, 0.2) is 5.69 Å². The normalized spacial score (nSPS) is 11.5. The summed E-state index contributed by atoms with van der Waals surface area (Å²) in [5.41, 5.74) is -0.265.